The molecule has 0 amide bonds. The van der Waals surface area contributed by atoms with Crippen molar-refractivity contribution in [3.8, 4) is 39.1 Å². The zero-order chi connectivity index (χ0) is 26.5. The van der Waals surface area contributed by atoms with E-state index < -0.39 is 17.9 Å². The van der Waals surface area contributed by atoms with E-state index >= 15 is 0 Å². The number of carboxylic acids is 1. The van der Waals surface area contributed by atoms with Crippen LogP contribution in [0.25, 0.3) is 33.4 Å². The topological polar surface area (TPSA) is 99.1 Å². The maximum Gasteiger partial charge on any atom is 0.337 e. The number of benzene rings is 4. The van der Waals surface area contributed by atoms with Crippen molar-refractivity contribution in [2.75, 3.05) is 21.3 Å². The van der Waals surface area contributed by atoms with Crippen molar-refractivity contribution in [2.45, 2.75) is 0 Å². The number of methoxy groups -OCH3 is 3. The standard InChI is InChI=1S/C30H24O7/c1-35-27-25(21-7-4-8-22(16-21)28(31)32)15-14-24(20-6-5-9-23(17-20)30(34)37-3)26(27)18-10-12-19(13-11-18)29(33)36-2/h4-17H,1-3H3,(H,31,32). The molecule has 4 aromatic carbocycles. The van der Waals surface area contributed by atoms with Gasteiger partial charge in [-0.05, 0) is 64.7 Å². The second kappa shape index (κ2) is 10.8. The van der Waals surface area contributed by atoms with E-state index in [0.29, 0.717) is 33.6 Å². The zero-order valence-corrected chi connectivity index (χ0v) is 20.5. The van der Waals surface area contributed by atoms with Gasteiger partial charge in [-0.15, -0.1) is 0 Å². The fourth-order valence-electron chi connectivity index (χ4n) is 4.19. The average Bonchev–Trinajstić information content (AvgIpc) is 2.95. The van der Waals surface area contributed by atoms with Crippen LogP contribution in [0.2, 0.25) is 0 Å². The number of esters is 2. The number of aromatic carboxylic acids is 1. The second-order valence-electron chi connectivity index (χ2n) is 8.10. The first-order valence-electron chi connectivity index (χ1n) is 11.3. The summed E-state index contributed by atoms with van der Waals surface area (Å²) < 4.78 is 15.6. The van der Waals surface area contributed by atoms with Crippen molar-refractivity contribution in [3.63, 3.8) is 0 Å². The molecule has 0 spiro atoms. The van der Waals surface area contributed by atoms with Gasteiger partial charge in [-0.2, -0.15) is 0 Å². The van der Waals surface area contributed by atoms with Gasteiger partial charge < -0.3 is 19.3 Å². The minimum Gasteiger partial charge on any atom is -0.495 e. The van der Waals surface area contributed by atoms with Crippen LogP contribution in [0.15, 0.2) is 84.9 Å². The molecule has 0 aliphatic rings. The van der Waals surface area contributed by atoms with Gasteiger partial charge in [0.1, 0.15) is 5.75 Å². The van der Waals surface area contributed by atoms with E-state index in [-0.39, 0.29) is 5.56 Å². The summed E-state index contributed by atoms with van der Waals surface area (Å²) in [6, 6.07) is 24.3. The summed E-state index contributed by atoms with van der Waals surface area (Å²) in [4.78, 5) is 35.8. The van der Waals surface area contributed by atoms with Gasteiger partial charge in [0.25, 0.3) is 0 Å². The van der Waals surface area contributed by atoms with Gasteiger partial charge in [-0.3, -0.25) is 0 Å². The van der Waals surface area contributed by atoms with Crippen molar-refractivity contribution in [2.24, 2.45) is 0 Å². The first kappa shape index (κ1) is 25.2. The molecule has 0 aliphatic carbocycles. The molecule has 4 aromatic rings. The summed E-state index contributed by atoms with van der Waals surface area (Å²) in [6.07, 6.45) is 0. The predicted octanol–water partition coefficient (Wildman–Crippen LogP) is 5.97. The normalized spacial score (nSPS) is 10.5. The lowest BCUT2D eigenvalue weighted by Gasteiger charge is -2.19. The van der Waals surface area contributed by atoms with Crippen molar-refractivity contribution in [1.82, 2.24) is 0 Å². The molecule has 0 heterocycles. The third-order valence-corrected chi connectivity index (χ3v) is 5.97. The van der Waals surface area contributed by atoms with Gasteiger partial charge in [0.2, 0.25) is 0 Å². The lowest BCUT2D eigenvalue weighted by atomic mass is 9.88. The third kappa shape index (κ3) is 5.06. The van der Waals surface area contributed by atoms with Gasteiger partial charge in [0.15, 0.2) is 0 Å². The average molecular weight is 497 g/mol. The van der Waals surface area contributed by atoms with Crippen LogP contribution in [-0.2, 0) is 9.47 Å². The Hall–Kier alpha value is -4.91. The van der Waals surface area contributed by atoms with Crippen LogP contribution in [0.1, 0.15) is 31.1 Å². The van der Waals surface area contributed by atoms with Crippen LogP contribution >= 0.6 is 0 Å². The van der Waals surface area contributed by atoms with E-state index in [4.69, 9.17) is 14.2 Å². The van der Waals surface area contributed by atoms with E-state index in [2.05, 4.69) is 0 Å². The lowest BCUT2D eigenvalue weighted by Crippen LogP contribution is -2.02. The van der Waals surface area contributed by atoms with Gasteiger partial charge in [0.05, 0.1) is 38.0 Å². The molecule has 0 bridgehead atoms. The highest BCUT2D eigenvalue weighted by atomic mass is 16.5. The summed E-state index contributed by atoms with van der Waals surface area (Å²) in [5.74, 6) is -1.44. The van der Waals surface area contributed by atoms with E-state index in [1.54, 1.807) is 61.7 Å². The summed E-state index contributed by atoms with van der Waals surface area (Å²) >= 11 is 0. The molecule has 0 unspecified atom stereocenters. The van der Waals surface area contributed by atoms with Crippen LogP contribution in [0.3, 0.4) is 0 Å². The Kier molecular flexibility index (Phi) is 7.34. The SMILES string of the molecule is COC(=O)c1ccc(-c2c(-c3cccc(C(=O)OC)c3)ccc(-c3cccc(C(=O)O)c3)c2OC)cc1. The van der Waals surface area contributed by atoms with E-state index in [0.717, 1.165) is 16.7 Å². The van der Waals surface area contributed by atoms with Crippen molar-refractivity contribution in [3.05, 3.63) is 102 Å². The highest BCUT2D eigenvalue weighted by Crippen LogP contribution is 2.45. The van der Waals surface area contributed by atoms with E-state index in [9.17, 15) is 19.5 Å². The Balaban J connectivity index is 1.99. The monoisotopic (exact) mass is 496 g/mol. The molecule has 7 heteroatoms. The molecule has 0 radical (unpaired) electrons. The molecule has 186 valence electrons. The smallest absolute Gasteiger partial charge is 0.337 e. The molecule has 0 saturated heterocycles. The molecule has 37 heavy (non-hydrogen) atoms. The number of ether oxygens (including phenoxy) is 3. The molecule has 4 rings (SSSR count). The number of hydrogen-bond acceptors (Lipinski definition) is 6. The van der Waals surface area contributed by atoms with Crippen LogP contribution in [0.4, 0.5) is 0 Å². The molecule has 0 aromatic heterocycles. The van der Waals surface area contributed by atoms with Crippen LogP contribution < -0.4 is 4.74 Å². The molecule has 1 N–H and O–H groups in total. The zero-order valence-electron chi connectivity index (χ0n) is 20.5. The number of carbonyl (C=O) groups is 3. The second-order valence-corrected chi connectivity index (χ2v) is 8.10. The van der Waals surface area contributed by atoms with Crippen LogP contribution in [0.5, 0.6) is 5.75 Å². The summed E-state index contributed by atoms with van der Waals surface area (Å²) in [5.41, 5.74) is 5.26. The molecule has 0 fully saturated rings. The molecule has 7 nitrogen and oxygen atoms in total. The first-order valence-corrected chi connectivity index (χ1v) is 11.3. The maximum atomic E-state index is 12.2. The molecular weight excluding hydrogens is 472 g/mol. The molecular formula is C30H24O7. The largest absolute Gasteiger partial charge is 0.495 e. The van der Waals surface area contributed by atoms with E-state index in [1.165, 1.54) is 20.3 Å². The fraction of sp³-hybridized carbons (Fsp3) is 0.100. The number of carbonyl (C=O) groups excluding carboxylic acids is 2. The molecule has 0 aliphatic heterocycles. The Labute approximate surface area is 213 Å². The Morgan fingerprint density at radius 3 is 1.73 bits per heavy atom. The molecule has 0 saturated carbocycles. The van der Waals surface area contributed by atoms with Gasteiger partial charge >= 0.3 is 17.9 Å². The highest BCUT2D eigenvalue weighted by molar-refractivity contribution is 5.98. The minimum atomic E-state index is -1.03. The van der Waals surface area contributed by atoms with Gasteiger partial charge in [-0.25, -0.2) is 14.4 Å². The van der Waals surface area contributed by atoms with Crippen molar-refractivity contribution >= 4 is 17.9 Å². The van der Waals surface area contributed by atoms with Crippen LogP contribution in [-0.4, -0.2) is 44.3 Å². The Morgan fingerprint density at radius 1 is 0.595 bits per heavy atom. The Morgan fingerprint density at radius 2 is 1.14 bits per heavy atom. The summed E-state index contributed by atoms with van der Waals surface area (Å²) in [7, 11) is 4.19. The maximum absolute atomic E-state index is 12.2. The lowest BCUT2D eigenvalue weighted by molar-refractivity contribution is 0.0592. The summed E-state index contributed by atoms with van der Waals surface area (Å²) in [6.45, 7) is 0. The van der Waals surface area contributed by atoms with Gasteiger partial charge in [0, 0.05) is 11.1 Å². The van der Waals surface area contributed by atoms with Crippen molar-refractivity contribution < 1.29 is 33.7 Å². The number of hydrogen-bond donors (Lipinski definition) is 1. The number of rotatable bonds is 7. The highest BCUT2D eigenvalue weighted by Gasteiger charge is 2.20. The van der Waals surface area contributed by atoms with Crippen molar-refractivity contribution in [1.29, 1.82) is 0 Å². The fourth-order valence-corrected chi connectivity index (χ4v) is 4.19. The minimum absolute atomic E-state index is 0.151. The predicted molar refractivity (Wildman–Crippen MR) is 139 cm³/mol. The van der Waals surface area contributed by atoms with Gasteiger partial charge in [-0.1, -0.05) is 42.5 Å². The third-order valence-electron chi connectivity index (χ3n) is 5.97. The van der Waals surface area contributed by atoms with Crippen LogP contribution in [0, 0.1) is 0 Å². The number of carboxylic acid groups (broad SMARTS) is 1. The summed E-state index contributed by atoms with van der Waals surface area (Å²) in [5, 5.41) is 9.48. The van der Waals surface area contributed by atoms with E-state index in [1.807, 2.05) is 24.3 Å². The molecule has 0 atom stereocenters. The quantitative estimate of drug-likeness (QED) is 0.315. The first-order chi connectivity index (χ1) is 17.9. The Bertz CT molecular complexity index is 1490.